The van der Waals surface area contributed by atoms with E-state index in [1.807, 2.05) is 13.0 Å². The third-order valence-electron chi connectivity index (χ3n) is 3.20. The maximum Gasteiger partial charge on any atom is 0.283 e. The summed E-state index contributed by atoms with van der Waals surface area (Å²) in [6.45, 7) is 2.40. The number of rotatable bonds is 4. The Morgan fingerprint density at radius 2 is 2.00 bits per heavy atom. The number of ketones is 1. The summed E-state index contributed by atoms with van der Waals surface area (Å²) >= 11 is 0. The van der Waals surface area contributed by atoms with E-state index in [0.29, 0.717) is 17.8 Å². The number of Topliss-reactive ketones (excluding diaryl/α,β-unsaturated/α-hetero) is 1. The topological polar surface area (TPSA) is 82.7 Å². The smallest absolute Gasteiger partial charge is 0.283 e. The van der Waals surface area contributed by atoms with Gasteiger partial charge < -0.3 is 0 Å². The van der Waals surface area contributed by atoms with Crippen LogP contribution in [0.25, 0.3) is 11.2 Å². The molecule has 3 rings (SSSR count). The van der Waals surface area contributed by atoms with Gasteiger partial charge in [0.05, 0.1) is 6.54 Å². The van der Waals surface area contributed by atoms with Crippen molar-refractivity contribution in [3.63, 3.8) is 0 Å². The van der Waals surface area contributed by atoms with Gasteiger partial charge in [-0.15, -0.1) is 5.10 Å². The molecule has 1 aromatic carbocycles. The van der Waals surface area contributed by atoms with Crippen LogP contribution in [-0.2, 0) is 13.1 Å². The van der Waals surface area contributed by atoms with Crippen LogP contribution in [-0.4, -0.2) is 30.3 Å². The molecule has 7 nitrogen and oxygen atoms in total. The Bertz CT molecular complexity index is 851. The molecule has 0 bridgehead atoms. The molecule has 0 aliphatic carbocycles. The van der Waals surface area contributed by atoms with Crippen molar-refractivity contribution in [1.29, 1.82) is 0 Å². The molecular formula is C14H13N5O2. The van der Waals surface area contributed by atoms with Gasteiger partial charge in [-0.1, -0.05) is 35.5 Å². The summed E-state index contributed by atoms with van der Waals surface area (Å²) in [6, 6.07) is 8.83. The lowest BCUT2D eigenvalue weighted by Gasteiger charge is -2.04. The van der Waals surface area contributed by atoms with Gasteiger partial charge in [-0.05, 0) is 6.92 Å². The fraction of sp³-hybridized carbons (Fsp3) is 0.214. The first-order valence-electron chi connectivity index (χ1n) is 6.57. The van der Waals surface area contributed by atoms with Crippen molar-refractivity contribution in [3.8, 4) is 0 Å². The SMILES string of the molecule is CCn1nnc2c(=O)n(CC(=O)c3ccccc3)cnc21. The Labute approximate surface area is 119 Å². The first-order chi connectivity index (χ1) is 10.2. The number of nitrogens with zero attached hydrogens (tertiary/aromatic N) is 5. The molecule has 0 fully saturated rings. The Morgan fingerprint density at radius 3 is 2.71 bits per heavy atom. The molecule has 0 atom stereocenters. The van der Waals surface area contributed by atoms with Crippen molar-refractivity contribution in [2.45, 2.75) is 20.0 Å². The molecule has 2 heterocycles. The molecule has 0 saturated heterocycles. The van der Waals surface area contributed by atoms with Crippen LogP contribution in [0.4, 0.5) is 0 Å². The van der Waals surface area contributed by atoms with Crippen LogP contribution in [0.2, 0.25) is 0 Å². The quantitative estimate of drug-likeness (QED) is 0.664. The molecule has 106 valence electrons. The second kappa shape index (κ2) is 5.28. The third-order valence-corrected chi connectivity index (χ3v) is 3.20. The van der Waals surface area contributed by atoms with Crippen LogP contribution in [0.1, 0.15) is 17.3 Å². The molecule has 21 heavy (non-hydrogen) atoms. The molecule has 0 aliphatic heterocycles. The Kier molecular flexibility index (Phi) is 3.31. The van der Waals surface area contributed by atoms with Gasteiger partial charge in [-0.2, -0.15) is 0 Å². The average molecular weight is 283 g/mol. The highest BCUT2D eigenvalue weighted by atomic mass is 16.1. The molecular weight excluding hydrogens is 270 g/mol. The molecule has 7 heteroatoms. The first-order valence-corrected chi connectivity index (χ1v) is 6.57. The number of aryl methyl sites for hydroxylation is 1. The van der Waals surface area contributed by atoms with E-state index < -0.39 is 0 Å². The maximum atomic E-state index is 12.3. The number of carbonyl (C=O) groups excluding carboxylic acids is 1. The van der Waals surface area contributed by atoms with Crippen molar-refractivity contribution >= 4 is 16.9 Å². The van der Waals surface area contributed by atoms with Gasteiger partial charge in [-0.3, -0.25) is 14.2 Å². The second-order valence-electron chi connectivity index (χ2n) is 4.54. The monoisotopic (exact) mass is 283 g/mol. The standard InChI is InChI=1S/C14H13N5O2/c1-2-19-13-12(16-17-19)14(21)18(9-15-13)8-11(20)10-6-4-3-5-7-10/h3-7,9H,2,8H2,1H3. The summed E-state index contributed by atoms with van der Waals surface area (Å²) in [5, 5.41) is 7.69. The van der Waals surface area contributed by atoms with Gasteiger partial charge in [0.25, 0.3) is 5.56 Å². The number of hydrogen-bond donors (Lipinski definition) is 0. The normalized spacial score (nSPS) is 10.9. The fourth-order valence-corrected chi connectivity index (χ4v) is 2.08. The van der Waals surface area contributed by atoms with E-state index in [1.54, 1.807) is 28.9 Å². The summed E-state index contributed by atoms with van der Waals surface area (Å²) in [7, 11) is 0. The Hall–Kier alpha value is -2.83. The number of aromatic nitrogens is 5. The third kappa shape index (κ3) is 2.33. The predicted molar refractivity (Wildman–Crippen MR) is 76.0 cm³/mol. The summed E-state index contributed by atoms with van der Waals surface area (Å²) < 4.78 is 2.80. The van der Waals surface area contributed by atoms with E-state index in [9.17, 15) is 9.59 Å². The zero-order valence-corrected chi connectivity index (χ0v) is 11.4. The zero-order chi connectivity index (χ0) is 14.8. The van der Waals surface area contributed by atoms with Crippen LogP contribution in [0, 0.1) is 0 Å². The van der Waals surface area contributed by atoms with Crippen LogP contribution in [0.3, 0.4) is 0 Å². The number of hydrogen-bond acceptors (Lipinski definition) is 5. The molecule has 0 aliphatic rings. The van der Waals surface area contributed by atoms with Crippen molar-refractivity contribution in [2.24, 2.45) is 0 Å². The number of benzene rings is 1. The minimum Gasteiger partial charge on any atom is -0.292 e. The fourth-order valence-electron chi connectivity index (χ4n) is 2.08. The molecule has 0 N–H and O–H groups in total. The zero-order valence-electron chi connectivity index (χ0n) is 11.4. The summed E-state index contributed by atoms with van der Waals surface area (Å²) in [4.78, 5) is 28.6. The van der Waals surface area contributed by atoms with Gasteiger partial charge in [0.15, 0.2) is 16.9 Å². The summed E-state index contributed by atoms with van der Waals surface area (Å²) in [5.41, 5.74) is 0.816. The van der Waals surface area contributed by atoms with Crippen molar-refractivity contribution in [2.75, 3.05) is 0 Å². The van der Waals surface area contributed by atoms with Crippen molar-refractivity contribution in [3.05, 3.63) is 52.6 Å². The van der Waals surface area contributed by atoms with Gasteiger partial charge in [-0.25, -0.2) is 9.67 Å². The Morgan fingerprint density at radius 1 is 1.24 bits per heavy atom. The molecule has 0 unspecified atom stereocenters. The minimum atomic E-state index is -0.357. The van der Waals surface area contributed by atoms with Gasteiger partial charge in [0.2, 0.25) is 0 Å². The van der Waals surface area contributed by atoms with E-state index in [4.69, 9.17) is 0 Å². The average Bonchev–Trinajstić information content (AvgIpc) is 2.94. The lowest BCUT2D eigenvalue weighted by Crippen LogP contribution is -2.25. The highest BCUT2D eigenvalue weighted by molar-refractivity contribution is 5.95. The molecule has 2 aromatic heterocycles. The maximum absolute atomic E-state index is 12.3. The largest absolute Gasteiger partial charge is 0.292 e. The number of carbonyl (C=O) groups is 1. The van der Waals surface area contributed by atoms with Crippen LogP contribution >= 0.6 is 0 Å². The molecule has 0 saturated carbocycles. The predicted octanol–water partition coefficient (Wildman–Crippen LogP) is 0.891. The van der Waals surface area contributed by atoms with Crippen LogP contribution < -0.4 is 5.56 Å². The van der Waals surface area contributed by atoms with Crippen LogP contribution in [0.5, 0.6) is 0 Å². The number of fused-ring (bicyclic) bond motifs is 1. The van der Waals surface area contributed by atoms with Gasteiger partial charge >= 0.3 is 0 Å². The summed E-state index contributed by atoms with van der Waals surface area (Å²) in [5.74, 6) is -0.151. The minimum absolute atomic E-state index is 0.0647. The van der Waals surface area contributed by atoms with E-state index >= 15 is 0 Å². The lowest BCUT2D eigenvalue weighted by molar-refractivity contribution is 0.0970. The van der Waals surface area contributed by atoms with Gasteiger partial charge in [0, 0.05) is 12.1 Å². The summed E-state index contributed by atoms with van der Waals surface area (Å²) in [6.07, 6.45) is 1.36. The van der Waals surface area contributed by atoms with E-state index in [2.05, 4.69) is 15.3 Å². The lowest BCUT2D eigenvalue weighted by atomic mass is 10.1. The van der Waals surface area contributed by atoms with Gasteiger partial charge in [0.1, 0.15) is 6.33 Å². The van der Waals surface area contributed by atoms with Crippen LogP contribution in [0.15, 0.2) is 41.5 Å². The van der Waals surface area contributed by atoms with Crippen molar-refractivity contribution < 1.29 is 4.79 Å². The van der Waals surface area contributed by atoms with E-state index in [1.165, 1.54) is 10.9 Å². The van der Waals surface area contributed by atoms with E-state index in [-0.39, 0.29) is 23.4 Å². The molecule has 0 spiro atoms. The highest BCUT2D eigenvalue weighted by Gasteiger charge is 2.13. The van der Waals surface area contributed by atoms with E-state index in [0.717, 1.165) is 0 Å². The Balaban J connectivity index is 1.97. The molecule has 0 radical (unpaired) electrons. The molecule has 0 amide bonds. The second-order valence-corrected chi connectivity index (χ2v) is 4.54. The first kappa shape index (κ1) is 13.2. The van der Waals surface area contributed by atoms with Crippen molar-refractivity contribution in [1.82, 2.24) is 24.5 Å². The highest BCUT2D eigenvalue weighted by Crippen LogP contribution is 2.04. The molecule has 3 aromatic rings.